The van der Waals surface area contributed by atoms with Crippen LogP contribution in [-0.4, -0.2) is 52.4 Å². The van der Waals surface area contributed by atoms with Crippen molar-refractivity contribution in [2.75, 3.05) is 6.61 Å². The van der Waals surface area contributed by atoms with Gasteiger partial charge >= 0.3 is 0 Å². The SMILES string of the molecule is CC(C)(C)OCC(=O)[C@@]12O[C@H](c3sccc3F)O[C@@H]1C[C@H]1[C@@H]3CCC4=CC(=O)C=C[C@]4(C)[C@@]3(F)[C@@H](O)C[C@@]12C. The summed E-state index contributed by atoms with van der Waals surface area (Å²) in [7, 11) is 0. The zero-order valence-electron chi connectivity index (χ0n) is 23.0. The number of carbonyl (C=O) groups is 2. The van der Waals surface area contributed by atoms with Crippen LogP contribution in [0.1, 0.15) is 71.5 Å². The molecule has 1 aromatic heterocycles. The van der Waals surface area contributed by atoms with E-state index >= 15 is 4.39 Å². The highest BCUT2D eigenvalue weighted by atomic mass is 32.1. The van der Waals surface area contributed by atoms with Gasteiger partial charge in [0, 0.05) is 16.7 Å². The lowest BCUT2D eigenvalue weighted by Gasteiger charge is -2.62. The molecule has 0 aromatic carbocycles. The minimum Gasteiger partial charge on any atom is -0.390 e. The van der Waals surface area contributed by atoms with E-state index in [1.807, 2.05) is 27.7 Å². The van der Waals surface area contributed by atoms with Gasteiger partial charge in [-0.2, -0.15) is 0 Å². The molecule has 4 fully saturated rings. The van der Waals surface area contributed by atoms with E-state index < -0.39 is 57.9 Å². The molecule has 3 saturated carbocycles. The number of ether oxygens (including phenoxy) is 3. The lowest BCUT2D eigenvalue weighted by Crippen LogP contribution is -2.69. The van der Waals surface area contributed by atoms with Crippen LogP contribution in [0.25, 0.3) is 0 Å². The van der Waals surface area contributed by atoms with Crippen molar-refractivity contribution >= 4 is 22.9 Å². The maximum Gasteiger partial charge on any atom is 0.197 e. The molecule has 4 aliphatic carbocycles. The molecule has 0 radical (unpaired) electrons. The highest BCUT2D eigenvalue weighted by molar-refractivity contribution is 7.10. The summed E-state index contributed by atoms with van der Waals surface area (Å²) < 4.78 is 50.9. The number of thiophene rings is 1. The Morgan fingerprint density at radius 1 is 1.28 bits per heavy atom. The van der Waals surface area contributed by atoms with Crippen LogP contribution in [0, 0.1) is 28.5 Å². The predicted octanol–water partition coefficient (Wildman–Crippen LogP) is 5.40. The smallest absolute Gasteiger partial charge is 0.197 e. The number of carbonyl (C=O) groups excluding carboxylic acids is 2. The van der Waals surface area contributed by atoms with Gasteiger partial charge in [0.15, 0.2) is 29.1 Å². The average molecular weight is 563 g/mol. The zero-order chi connectivity index (χ0) is 28.2. The average Bonchev–Trinajstić information content (AvgIpc) is 3.51. The maximum absolute atomic E-state index is 17.5. The number of alkyl halides is 1. The summed E-state index contributed by atoms with van der Waals surface area (Å²) in [6, 6.07) is 1.33. The van der Waals surface area contributed by atoms with E-state index in [1.54, 1.807) is 18.4 Å². The Balaban J connectivity index is 1.43. The van der Waals surface area contributed by atoms with Crippen molar-refractivity contribution < 1.29 is 37.7 Å². The maximum atomic E-state index is 17.5. The van der Waals surface area contributed by atoms with Crippen molar-refractivity contribution in [2.45, 2.75) is 95.7 Å². The third-order valence-corrected chi connectivity index (χ3v) is 11.2. The van der Waals surface area contributed by atoms with Crippen LogP contribution < -0.4 is 0 Å². The van der Waals surface area contributed by atoms with E-state index in [4.69, 9.17) is 14.2 Å². The summed E-state index contributed by atoms with van der Waals surface area (Å²) in [6.45, 7) is 8.95. The quantitative estimate of drug-likeness (QED) is 0.529. The fourth-order valence-electron chi connectivity index (χ4n) is 8.44. The molecule has 2 heterocycles. The zero-order valence-corrected chi connectivity index (χ0v) is 23.8. The molecule has 1 saturated heterocycles. The van der Waals surface area contributed by atoms with Crippen molar-refractivity contribution in [2.24, 2.45) is 22.7 Å². The van der Waals surface area contributed by atoms with Crippen LogP contribution in [0.2, 0.25) is 0 Å². The minimum atomic E-state index is -2.04. The third-order valence-electron chi connectivity index (χ3n) is 10.3. The summed E-state index contributed by atoms with van der Waals surface area (Å²) in [5.74, 6) is -1.93. The molecular weight excluding hydrogens is 526 g/mol. The van der Waals surface area contributed by atoms with Crippen LogP contribution >= 0.6 is 11.3 Å². The topological polar surface area (TPSA) is 82.1 Å². The van der Waals surface area contributed by atoms with Crippen molar-refractivity contribution in [3.63, 3.8) is 0 Å². The van der Waals surface area contributed by atoms with Gasteiger partial charge in [0.25, 0.3) is 0 Å². The summed E-state index contributed by atoms with van der Waals surface area (Å²) >= 11 is 1.15. The largest absolute Gasteiger partial charge is 0.390 e. The number of Topliss-reactive ketones (excluding diaryl/α,β-unsaturated/α-hetero) is 1. The molecule has 1 aliphatic heterocycles. The molecule has 0 bridgehead atoms. The first-order valence-corrected chi connectivity index (χ1v) is 14.6. The van der Waals surface area contributed by atoms with Crippen LogP contribution in [-0.2, 0) is 23.8 Å². The Hall–Kier alpha value is -1.78. The number of aliphatic hydroxyl groups excluding tert-OH is 1. The van der Waals surface area contributed by atoms with E-state index in [0.29, 0.717) is 24.8 Å². The van der Waals surface area contributed by atoms with E-state index in [9.17, 15) is 19.1 Å². The van der Waals surface area contributed by atoms with Gasteiger partial charge in [-0.25, -0.2) is 8.78 Å². The molecule has 39 heavy (non-hydrogen) atoms. The van der Waals surface area contributed by atoms with Gasteiger partial charge in [-0.3, -0.25) is 9.59 Å². The molecule has 9 heteroatoms. The van der Waals surface area contributed by atoms with Crippen LogP contribution in [0.5, 0.6) is 0 Å². The van der Waals surface area contributed by atoms with E-state index in [1.165, 1.54) is 18.2 Å². The first kappa shape index (κ1) is 27.4. The molecular formula is C30H36F2O6S. The Morgan fingerprint density at radius 3 is 2.69 bits per heavy atom. The van der Waals surface area contributed by atoms with Gasteiger partial charge in [0.2, 0.25) is 0 Å². The minimum absolute atomic E-state index is 0.0456. The van der Waals surface area contributed by atoms with Gasteiger partial charge < -0.3 is 19.3 Å². The highest BCUT2D eigenvalue weighted by Crippen LogP contribution is 2.72. The van der Waals surface area contributed by atoms with Gasteiger partial charge in [0.05, 0.1) is 22.7 Å². The van der Waals surface area contributed by atoms with Crippen molar-refractivity contribution in [3.05, 3.63) is 45.9 Å². The standard InChI is InChI=1S/C30H36F2O6S/c1-26(2,3)36-15-22(35)30-23(37-25(38-30)24-20(31)9-11-39-24)13-19-18-7-6-16-12-17(33)8-10-27(16,4)29(18,32)21(34)14-28(19,30)5/h8-12,18-19,21,23,25,34H,6-7,13-15H2,1-5H3/t18-,19-,21-,23+,25+,27-,28-,29-,30+/m0/s1. The first-order valence-electron chi connectivity index (χ1n) is 13.7. The van der Waals surface area contributed by atoms with Crippen molar-refractivity contribution in [3.8, 4) is 0 Å². The van der Waals surface area contributed by atoms with E-state index in [-0.39, 0.29) is 35.4 Å². The summed E-state index contributed by atoms with van der Waals surface area (Å²) in [6.07, 6.45) is 2.48. The van der Waals surface area contributed by atoms with Gasteiger partial charge in [-0.15, -0.1) is 11.3 Å². The third kappa shape index (κ3) is 3.56. The number of halogens is 2. The van der Waals surface area contributed by atoms with E-state index in [2.05, 4.69) is 0 Å². The number of hydrogen-bond donors (Lipinski definition) is 1. The molecule has 6 nitrogen and oxygen atoms in total. The molecule has 5 aliphatic rings. The number of aliphatic hydroxyl groups is 1. The molecule has 1 aromatic rings. The summed E-state index contributed by atoms with van der Waals surface area (Å²) in [5, 5.41) is 13.3. The fourth-order valence-corrected chi connectivity index (χ4v) is 9.17. The first-order chi connectivity index (χ1) is 18.2. The number of ketones is 2. The molecule has 0 unspecified atom stereocenters. The van der Waals surface area contributed by atoms with Crippen LogP contribution in [0.4, 0.5) is 8.78 Å². The van der Waals surface area contributed by atoms with Crippen LogP contribution in [0.15, 0.2) is 35.2 Å². The second kappa shape index (κ2) is 8.61. The number of allylic oxidation sites excluding steroid dienone is 4. The highest BCUT2D eigenvalue weighted by Gasteiger charge is 2.79. The van der Waals surface area contributed by atoms with E-state index in [0.717, 1.165) is 11.3 Å². The molecule has 6 rings (SSSR count). The fraction of sp³-hybridized carbons (Fsp3) is 0.667. The lowest BCUT2D eigenvalue weighted by atomic mass is 9.44. The summed E-state index contributed by atoms with van der Waals surface area (Å²) in [4.78, 5) is 26.5. The molecule has 0 spiro atoms. The van der Waals surface area contributed by atoms with Crippen molar-refractivity contribution in [1.29, 1.82) is 0 Å². The number of rotatable bonds is 4. The van der Waals surface area contributed by atoms with Gasteiger partial charge in [0.1, 0.15) is 12.4 Å². The Bertz CT molecular complexity index is 1280. The molecule has 9 atom stereocenters. The second-order valence-electron chi connectivity index (χ2n) is 13.3. The monoisotopic (exact) mass is 562 g/mol. The van der Waals surface area contributed by atoms with Gasteiger partial charge in [-0.1, -0.05) is 18.6 Å². The second-order valence-corrected chi connectivity index (χ2v) is 14.2. The number of fused-ring (bicyclic) bond motifs is 7. The molecule has 0 amide bonds. The van der Waals surface area contributed by atoms with Gasteiger partial charge in [-0.05, 0) is 82.9 Å². The normalized spacial score (nSPS) is 44.9. The molecule has 212 valence electrons. The Morgan fingerprint density at radius 2 is 2.03 bits per heavy atom. The lowest BCUT2D eigenvalue weighted by molar-refractivity contribution is -0.232. The Labute approximate surface area is 231 Å². The number of hydrogen-bond acceptors (Lipinski definition) is 7. The summed E-state index contributed by atoms with van der Waals surface area (Å²) in [5.41, 5.74) is -5.61. The predicted molar refractivity (Wildman–Crippen MR) is 140 cm³/mol. The van der Waals surface area contributed by atoms with Crippen molar-refractivity contribution in [1.82, 2.24) is 0 Å². The van der Waals surface area contributed by atoms with Crippen LogP contribution in [0.3, 0.4) is 0 Å². The molecule has 1 N–H and O–H groups in total. The Kier molecular flexibility index (Phi) is 6.05.